The standard InChI is InChI=1S/C35H50N2O2.C31H45N3O2/c1-4-5-6-10-28-15-17-31(18-16-28)35(39)37(33-20-23-36(24-21-33)22-19-27(2)3)26-29-11-9-14-32(25-29)34(38)30-12-7-8-13-30;1-5-6-7-9-25-12-14-27(15-13-25)31(36)34(23-26-10-8-11-28(22-26)30(35)32-4)29-17-20-33(21-18-29)19-16-24(2)3/h9,11,14-18,25,27,30,33H,4-8,10,12-13,19-24,26H2,1-3H3;8,10-15,22,24,29H,5-7,9,16-21,23H2,1-4H3,(H,32,35). The maximum absolute atomic E-state index is 14.0. The van der Waals surface area contributed by atoms with E-state index in [2.05, 4.69) is 103 Å². The Balaban J connectivity index is 0.000000245. The minimum Gasteiger partial charge on any atom is -0.355 e. The lowest BCUT2D eigenvalue weighted by Crippen LogP contribution is -2.47. The minimum absolute atomic E-state index is 0.0843. The molecule has 1 saturated carbocycles. The first-order valence-corrected chi connectivity index (χ1v) is 29.5. The smallest absolute Gasteiger partial charge is 0.254 e. The molecule has 408 valence electrons. The summed E-state index contributed by atoms with van der Waals surface area (Å²) in [4.78, 5) is 62.4. The minimum atomic E-state index is -0.105. The summed E-state index contributed by atoms with van der Waals surface area (Å²) in [7, 11) is 1.64. The third-order valence-electron chi connectivity index (χ3n) is 16.2. The molecule has 2 aliphatic heterocycles. The maximum atomic E-state index is 14.0. The lowest BCUT2D eigenvalue weighted by molar-refractivity contribution is 0.0539. The molecule has 0 bridgehead atoms. The number of hydrogen-bond donors (Lipinski definition) is 1. The summed E-state index contributed by atoms with van der Waals surface area (Å²) >= 11 is 0. The van der Waals surface area contributed by atoms with E-state index in [9.17, 15) is 19.2 Å². The summed E-state index contributed by atoms with van der Waals surface area (Å²) in [6.07, 6.45) is 20.2. The van der Waals surface area contributed by atoms with Gasteiger partial charge < -0.3 is 24.9 Å². The molecule has 4 aromatic rings. The first-order valence-electron chi connectivity index (χ1n) is 29.5. The van der Waals surface area contributed by atoms with Gasteiger partial charge in [-0.1, -0.05) is 135 Å². The van der Waals surface area contributed by atoms with Crippen LogP contribution in [0.5, 0.6) is 0 Å². The number of nitrogens with one attached hydrogen (secondary N) is 1. The molecular formula is C66H95N5O4. The van der Waals surface area contributed by atoms with E-state index in [1.165, 1.54) is 62.5 Å². The highest BCUT2D eigenvalue weighted by atomic mass is 16.2. The number of ketones is 1. The van der Waals surface area contributed by atoms with Crippen molar-refractivity contribution in [2.24, 2.45) is 17.8 Å². The molecule has 0 aromatic heterocycles. The molecule has 0 spiro atoms. The SMILES string of the molecule is CCCCCc1ccc(C(=O)N(Cc2cccc(C(=O)C3CCCC3)c2)C2CCN(CCC(C)C)CC2)cc1.CCCCCc1ccc(C(=O)N(Cc2cccc(C(=O)NC)c2)C2CCN(CCC(C)C)CC2)cc1. The fourth-order valence-electron chi connectivity index (χ4n) is 11.2. The van der Waals surface area contributed by atoms with E-state index in [1.54, 1.807) is 7.05 Å². The lowest BCUT2D eigenvalue weighted by Gasteiger charge is -2.39. The molecule has 7 rings (SSSR count). The van der Waals surface area contributed by atoms with E-state index in [1.807, 2.05) is 60.7 Å². The first kappa shape index (κ1) is 59.1. The molecule has 0 radical (unpaired) electrons. The van der Waals surface area contributed by atoms with Crippen molar-refractivity contribution in [2.75, 3.05) is 46.3 Å². The van der Waals surface area contributed by atoms with Gasteiger partial charge in [0.25, 0.3) is 17.7 Å². The Bertz CT molecular complexity index is 2340. The molecule has 9 nitrogen and oxygen atoms in total. The van der Waals surface area contributed by atoms with Crippen molar-refractivity contribution >= 4 is 23.5 Å². The quantitative estimate of drug-likeness (QED) is 0.0525. The Morgan fingerprint density at radius 3 is 1.33 bits per heavy atom. The Kier molecular flexibility index (Phi) is 24.6. The summed E-state index contributed by atoms with van der Waals surface area (Å²) in [6, 6.07) is 32.7. The highest BCUT2D eigenvalue weighted by Crippen LogP contribution is 2.30. The highest BCUT2D eigenvalue weighted by Gasteiger charge is 2.31. The fraction of sp³-hybridized carbons (Fsp3) is 0.576. The second-order valence-electron chi connectivity index (χ2n) is 23.0. The van der Waals surface area contributed by atoms with Crippen molar-refractivity contribution < 1.29 is 19.2 Å². The number of unbranched alkanes of at least 4 members (excludes halogenated alkanes) is 4. The number of likely N-dealkylation sites (tertiary alicyclic amines) is 2. The van der Waals surface area contributed by atoms with E-state index < -0.39 is 0 Å². The van der Waals surface area contributed by atoms with Gasteiger partial charge in [-0.05, 0) is 167 Å². The number of hydrogen-bond acceptors (Lipinski definition) is 6. The summed E-state index contributed by atoms with van der Waals surface area (Å²) in [6.45, 7) is 21.0. The maximum Gasteiger partial charge on any atom is 0.254 e. The van der Waals surface area contributed by atoms with Gasteiger partial charge in [0.1, 0.15) is 0 Å². The van der Waals surface area contributed by atoms with Crippen molar-refractivity contribution in [1.29, 1.82) is 0 Å². The van der Waals surface area contributed by atoms with Crippen LogP contribution in [0.2, 0.25) is 0 Å². The third kappa shape index (κ3) is 18.8. The molecule has 9 heteroatoms. The van der Waals surface area contributed by atoms with Crippen molar-refractivity contribution in [3.63, 3.8) is 0 Å². The summed E-state index contributed by atoms with van der Waals surface area (Å²) in [5.41, 5.74) is 7.61. The average Bonchev–Trinajstić information content (AvgIpc) is 3.99. The predicted molar refractivity (Wildman–Crippen MR) is 309 cm³/mol. The van der Waals surface area contributed by atoms with Gasteiger partial charge in [0.05, 0.1) is 0 Å². The van der Waals surface area contributed by atoms with Crippen LogP contribution in [0.4, 0.5) is 0 Å². The Morgan fingerprint density at radius 2 is 0.933 bits per heavy atom. The summed E-state index contributed by atoms with van der Waals surface area (Å²) in [5, 5.41) is 2.70. The van der Waals surface area contributed by atoms with Crippen LogP contribution in [-0.4, -0.2) is 102 Å². The van der Waals surface area contributed by atoms with E-state index in [4.69, 9.17) is 0 Å². The van der Waals surface area contributed by atoms with Gasteiger partial charge in [-0.3, -0.25) is 19.2 Å². The molecule has 3 fully saturated rings. The zero-order valence-electron chi connectivity index (χ0n) is 47.4. The van der Waals surface area contributed by atoms with Crippen LogP contribution in [0, 0.1) is 17.8 Å². The molecule has 3 aliphatic rings. The molecule has 0 atom stereocenters. The molecule has 1 aliphatic carbocycles. The molecule has 4 aromatic carbocycles. The fourth-order valence-corrected chi connectivity index (χ4v) is 11.2. The van der Waals surface area contributed by atoms with Crippen LogP contribution >= 0.6 is 0 Å². The summed E-state index contributed by atoms with van der Waals surface area (Å²) < 4.78 is 0. The molecule has 2 heterocycles. The first-order chi connectivity index (χ1) is 36.3. The molecule has 1 N–H and O–H groups in total. The van der Waals surface area contributed by atoms with Gasteiger partial charge in [0, 0.05) is 86.6 Å². The number of amides is 3. The second-order valence-corrected chi connectivity index (χ2v) is 23.0. The number of Topliss-reactive ketones (excluding diaryl/α,β-unsaturated/α-hetero) is 1. The zero-order valence-corrected chi connectivity index (χ0v) is 47.4. The highest BCUT2D eigenvalue weighted by molar-refractivity contribution is 5.98. The predicted octanol–water partition coefficient (Wildman–Crippen LogP) is 13.9. The van der Waals surface area contributed by atoms with Crippen molar-refractivity contribution in [3.8, 4) is 0 Å². The van der Waals surface area contributed by atoms with Crippen LogP contribution < -0.4 is 5.32 Å². The topological polar surface area (TPSA) is 93.3 Å². The van der Waals surface area contributed by atoms with Gasteiger partial charge in [0.15, 0.2) is 5.78 Å². The number of carbonyl (C=O) groups is 4. The third-order valence-corrected chi connectivity index (χ3v) is 16.2. The monoisotopic (exact) mass is 1020 g/mol. The van der Waals surface area contributed by atoms with E-state index in [0.717, 1.165) is 131 Å². The Hall–Kier alpha value is -5.12. The van der Waals surface area contributed by atoms with Crippen LogP contribution in [0.25, 0.3) is 0 Å². The van der Waals surface area contributed by atoms with E-state index in [0.29, 0.717) is 30.5 Å². The molecule has 2 saturated heterocycles. The zero-order chi connectivity index (χ0) is 53.5. The van der Waals surface area contributed by atoms with Gasteiger partial charge in [-0.15, -0.1) is 0 Å². The Labute approximate surface area is 453 Å². The normalized spacial score (nSPS) is 16.0. The number of nitrogens with zero attached hydrogens (tertiary/aromatic N) is 4. The van der Waals surface area contributed by atoms with Gasteiger partial charge >= 0.3 is 0 Å². The number of aryl methyl sites for hydroxylation is 2. The van der Waals surface area contributed by atoms with Crippen LogP contribution in [0.15, 0.2) is 97.1 Å². The second kappa shape index (κ2) is 31.2. The lowest BCUT2D eigenvalue weighted by atomic mass is 9.94. The average molecular weight is 1020 g/mol. The molecule has 75 heavy (non-hydrogen) atoms. The summed E-state index contributed by atoms with van der Waals surface area (Å²) in [5.74, 6) is 1.97. The van der Waals surface area contributed by atoms with Crippen molar-refractivity contribution in [3.05, 3.63) is 142 Å². The molecule has 3 amide bonds. The van der Waals surface area contributed by atoms with Crippen LogP contribution in [0.1, 0.15) is 208 Å². The van der Waals surface area contributed by atoms with Crippen molar-refractivity contribution in [2.45, 2.75) is 182 Å². The molecular weight excluding hydrogens is 927 g/mol. The number of piperidine rings is 2. The molecule has 0 unspecified atom stereocenters. The van der Waals surface area contributed by atoms with Gasteiger partial charge in [0.2, 0.25) is 0 Å². The van der Waals surface area contributed by atoms with E-state index >= 15 is 0 Å². The Morgan fingerprint density at radius 1 is 0.520 bits per heavy atom. The van der Waals surface area contributed by atoms with E-state index in [-0.39, 0.29) is 41.5 Å². The number of rotatable bonds is 25. The van der Waals surface area contributed by atoms with Crippen LogP contribution in [0.3, 0.4) is 0 Å². The number of carbonyl (C=O) groups excluding carboxylic acids is 4. The number of benzene rings is 4. The van der Waals surface area contributed by atoms with Gasteiger partial charge in [-0.2, -0.15) is 0 Å². The van der Waals surface area contributed by atoms with Crippen LogP contribution in [-0.2, 0) is 25.9 Å². The van der Waals surface area contributed by atoms with Gasteiger partial charge in [-0.25, -0.2) is 0 Å². The largest absolute Gasteiger partial charge is 0.355 e. The van der Waals surface area contributed by atoms with Crippen molar-refractivity contribution in [1.82, 2.24) is 24.9 Å².